The van der Waals surface area contributed by atoms with E-state index >= 15 is 0 Å². The monoisotopic (exact) mass is 321 g/mol. The molecule has 2 nitrogen and oxygen atoms in total. The van der Waals surface area contributed by atoms with E-state index < -0.39 is 5.41 Å². The van der Waals surface area contributed by atoms with Gasteiger partial charge in [-0.1, -0.05) is 41.4 Å². The molecule has 0 saturated heterocycles. The maximum atomic E-state index is 12.8. The molecule has 110 valence electrons. The fourth-order valence-corrected chi connectivity index (χ4v) is 2.52. The highest BCUT2D eigenvalue weighted by atomic mass is 35.5. The molecule has 2 aromatic carbocycles. The second kappa shape index (κ2) is 6.08. The predicted octanol–water partition coefficient (Wildman–Crippen LogP) is 4.93. The summed E-state index contributed by atoms with van der Waals surface area (Å²) in [5.74, 6) is -0.00732. The van der Waals surface area contributed by atoms with Crippen molar-refractivity contribution in [1.82, 2.24) is 0 Å². The van der Waals surface area contributed by atoms with Crippen molar-refractivity contribution in [2.45, 2.75) is 19.3 Å². The minimum absolute atomic E-state index is 0.00732. The Kier molecular flexibility index (Phi) is 4.60. The molecule has 0 atom stereocenters. The lowest BCUT2D eigenvalue weighted by Gasteiger charge is -2.30. The first-order valence-electron chi connectivity index (χ1n) is 6.62. The molecule has 0 fully saturated rings. The molecule has 4 heteroatoms. The van der Waals surface area contributed by atoms with Gasteiger partial charge in [-0.3, -0.25) is 4.79 Å². The van der Waals surface area contributed by atoms with Crippen LogP contribution in [0.3, 0.4) is 0 Å². The highest BCUT2D eigenvalue weighted by Crippen LogP contribution is 2.29. The molecule has 0 bridgehead atoms. The number of hydrogen-bond donors (Lipinski definition) is 0. The van der Waals surface area contributed by atoms with E-state index in [-0.39, 0.29) is 5.91 Å². The molecule has 0 heterocycles. The van der Waals surface area contributed by atoms with Crippen LogP contribution in [0.1, 0.15) is 19.4 Å². The van der Waals surface area contributed by atoms with Crippen LogP contribution in [0.5, 0.6) is 0 Å². The molecule has 0 aliphatic heterocycles. The third-order valence-electron chi connectivity index (χ3n) is 3.60. The third kappa shape index (κ3) is 3.39. The lowest BCUT2D eigenvalue weighted by atomic mass is 9.83. The summed E-state index contributed by atoms with van der Waals surface area (Å²) in [5.41, 5.74) is 1.04. The van der Waals surface area contributed by atoms with Crippen molar-refractivity contribution < 1.29 is 4.79 Å². The summed E-state index contributed by atoms with van der Waals surface area (Å²) in [6.07, 6.45) is 0. The van der Waals surface area contributed by atoms with Gasteiger partial charge in [0.05, 0.1) is 5.41 Å². The van der Waals surface area contributed by atoms with Gasteiger partial charge < -0.3 is 4.90 Å². The Balaban J connectivity index is 2.31. The Morgan fingerprint density at radius 3 is 2.19 bits per heavy atom. The summed E-state index contributed by atoms with van der Waals surface area (Å²) in [6, 6.07) is 14.6. The molecule has 0 N–H and O–H groups in total. The van der Waals surface area contributed by atoms with E-state index in [2.05, 4.69) is 0 Å². The molecule has 0 saturated carbocycles. The van der Waals surface area contributed by atoms with Gasteiger partial charge in [0.15, 0.2) is 0 Å². The Morgan fingerprint density at radius 1 is 1.00 bits per heavy atom. The molecule has 0 aromatic heterocycles. The van der Waals surface area contributed by atoms with Crippen molar-refractivity contribution in [3.8, 4) is 0 Å². The van der Waals surface area contributed by atoms with E-state index in [9.17, 15) is 4.79 Å². The quantitative estimate of drug-likeness (QED) is 0.784. The van der Waals surface area contributed by atoms with Crippen LogP contribution in [-0.4, -0.2) is 13.0 Å². The average molecular weight is 322 g/mol. The Labute approximate surface area is 135 Å². The summed E-state index contributed by atoms with van der Waals surface area (Å²) >= 11 is 11.9. The number of anilines is 1. The molecule has 2 rings (SSSR count). The number of benzene rings is 2. The maximum absolute atomic E-state index is 12.8. The zero-order valence-corrected chi connectivity index (χ0v) is 13.7. The molecule has 0 unspecified atom stereocenters. The van der Waals surface area contributed by atoms with Crippen LogP contribution in [0.15, 0.2) is 48.5 Å². The van der Waals surface area contributed by atoms with E-state index in [0.29, 0.717) is 10.0 Å². The van der Waals surface area contributed by atoms with Crippen molar-refractivity contribution in [2.24, 2.45) is 0 Å². The van der Waals surface area contributed by atoms with Crippen LogP contribution in [0.4, 0.5) is 5.69 Å². The van der Waals surface area contributed by atoms with Gasteiger partial charge in [-0.05, 0) is 49.7 Å². The second-order valence-corrected chi connectivity index (χ2v) is 6.35. The number of nitrogens with zero attached hydrogens (tertiary/aromatic N) is 1. The van der Waals surface area contributed by atoms with Gasteiger partial charge >= 0.3 is 0 Å². The largest absolute Gasteiger partial charge is 0.315 e. The van der Waals surface area contributed by atoms with Gasteiger partial charge in [0.2, 0.25) is 5.91 Å². The van der Waals surface area contributed by atoms with Crippen LogP contribution in [0.25, 0.3) is 0 Å². The smallest absolute Gasteiger partial charge is 0.236 e. The van der Waals surface area contributed by atoms with Crippen LogP contribution >= 0.6 is 23.2 Å². The zero-order chi connectivity index (χ0) is 15.6. The summed E-state index contributed by atoms with van der Waals surface area (Å²) in [6.45, 7) is 3.80. The van der Waals surface area contributed by atoms with Gasteiger partial charge in [-0.15, -0.1) is 0 Å². The van der Waals surface area contributed by atoms with E-state index in [0.717, 1.165) is 11.3 Å². The lowest BCUT2D eigenvalue weighted by Crippen LogP contribution is -2.41. The SMILES string of the molecule is CN(C(=O)C(C)(C)c1ccc(Cl)cc1)c1cccc(Cl)c1. The zero-order valence-electron chi connectivity index (χ0n) is 12.2. The lowest BCUT2D eigenvalue weighted by molar-refractivity contribution is -0.122. The van der Waals surface area contributed by atoms with Gasteiger partial charge in [0.25, 0.3) is 0 Å². The number of likely N-dealkylation sites (N-methyl/N-ethyl adjacent to an activating group) is 1. The van der Waals surface area contributed by atoms with Gasteiger partial charge in [-0.25, -0.2) is 0 Å². The molecule has 0 aliphatic carbocycles. The second-order valence-electron chi connectivity index (χ2n) is 5.48. The van der Waals surface area contributed by atoms with Crippen molar-refractivity contribution in [3.05, 3.63) is 64.1 Å². The molecule has 0 radical (unpaired) electrons. The fraction of sp³-hybridized carbons (Fsp3) is 0.235. The minimum Gasteiger partial charge on any atom is -0.315 e. The van der Waals surface area contributed by atoms with Crippen molar-refractivity contribution in [1.29, 1.82) is 0 Å². The number of carbonyl (C=O) groups excluding carboxylic acids is 1. The van der Waals surface area contributed by atoms with E-state index in [1.807, 2.05) is 38.1 Å². The third-order valence-corrected chi connectivity index (χ3v) is 4.09. The summed E-state index contributed by atoms with van der Waals surface area (Å²) in [4.78, 5) is 14.4. The van der Waals surface area contributed by atoms with Crippen molar-refractivity contribution in [2.75, 3.05) is 11.9 Å². The van der Waals surface area contributed by atoms with Gasteiger partial charge in [0.1, 0.15) is 0 Å². The summed E-state index contributed by atoms with van der Waals surface area (Å²) in [7, 11) is 1.76. The number of hydrogen-bond acceptors (Lipinski definition) is 1. The molecule has 0 aliphatic rings. The molecular weight excluding hydrogens is 305 g/mol. The summed E-state index contributed by atoms with van der Waals surface area (Å²) in [5, 5.41) is 1.27. The van der Waals surface area contributed by atoms with Crippen molar-refractivity contribution >= 4 is 34.8 Å². The minimum atomic E-state index is -0.651. The number of amides is 1. The molecular formula is C17H17Cl2NO. The first-order chi connectivity index (χ1) is 9.82. The van der Waals surface area contributed by atoms with E-state index in [4.69, 9.17) is 23.2 Å². The van der Waals surface area contributed by atoms with Crippen LogP contribution in [0.2, 0.25) is 10.0 Å². The van der Waals surface area contributed by atoms with Gasteiger partial charge in [-0.2, -0.15) is 0 Å². The predicted molar refractivity (Wildman–Crippen MR) is 89.3 cm³/mol. The number of rotatable bonds is 3. The van der Waals surface area contributed by atoms with Gasteiger partial charge in [0, 0.05) is 22.8 Å². The van der Waals surface area contributed by atoms with Crippen LogP contribution < -0.4 is 4.90 Å². The number of carbonyl (C=O) groups is 1. The normalized spacial score (nSPS) is 11.3. The first-order valence-corrected chi connectivity index (χ1v) is 7.38. The highest BCUT2D eigenvalue weighted by molar-refractivity contribution is 6.31. The maximum Gasteiger partial charge on any atom is 0.236 e. The average Bonchev–Trinajstić information content (AvgIpc) is 2.46. The first kappa shape index (κ1) is 15.9. The number of halogens is 2. The molecule has 0 spiro atoms. The van der Waals surface area contributed by atoms with E-state index in [1.165, 1.54) is 0 Å². The topological polar surface area (TPSA) is 20.3 Å². The molecule has 1 amide bonds. The molecule has 21 heavy (non-hydrogen) atoms. The fourth-order valence-electron chi connectivity index (χ4n) is 2.21. The van der Waals surface area contributed by atoms with Crippen LogP contribution in [0, 0.1) is 0 Å². The molecule has 2 aromatic rings. The highest BCUT2D eigenvalue weighted by Gasteiger charge is 2.32. The van der Waals surface area contributed by atoms with Crippen LogP contribution in [-0.2, 0) is 10.2 Å². The standard InChI is InChI=1S/C17H17Cl2NO/c1-17(2,12-7-9-13(18)10-8-12)16(21)20(3)15-6-4-5-14(19)11-15/h4-11H,1-3H3. The Hall–Kier alpha value is -1.51. The van der Waals surface area contributed by atoms with E-state index in [1.54, 1.807) is 36.2 Å². The Bertz CT molecular complexity index is 650. The Morgan fingerprint density at radius 2 is 1.62 bits per heavy atom. The van der Waals surface area contributed by atoms with Crippen molar-refractivity contribution in [3.63, 3.8) is 0 Å². The summed E-state index contributed by atoms with van der Waals surface area (Å²) < 4.78 is 0.